The van der Waals surface area contributed by atoms with Gasteiger partial charge in [-0.1, -0.05) is 12.1 Å². The van der Waals surface area contributed by atoms with Crippen LogP contribution >= 0.6 is 0 Å². The quantitative estimate of drug-likeness (QED) is 0.294. The third kappa shape index (κ3) is 5.63. The van der Waals surface area contributed by atoms with Gasteiger partial charge in [0.05, 0.1) is 11.2 Å². The first-order valence-corrected chi connectivity index (χ1v) is 9.03. The van der Waals surface area contributed by atoms with Gasteiger partial charge in [-0.05, 0) is 39.3 Å². The molecule has 0 radical (unpaired) electrons. The van der Waals surface area contributed by atoms with Crippen molar-refractivity contribution in [3.8, 4) is 0 Å². The number of alkyl carbamates (subject to hydrolysis) is 1. The first-order chi connectivity index (χ1) is 13.1. The van der Waals surface area contributed by atoms with Crippen molar-refractivity contribution in [3.05, 3.63) is 30.0 Å². The lowest BCUT2D eigenvalue weighted by Gasteiger charge is -2.19. The predicted octanol–water partition coefficient (Wildman–Crippen LogP) is 2.46. The number of nitrogens with two attached hydrogens (primary N) is 1. The average molecular weight is 388 g/mol. The molecule has 1 heterocycles. The second-order valence-electron chi connectivity index (χ2n) is 7.41. The lowest BCUT2D eigenvalue weighted by molar-refractivity contribution is 0.0527. The molecule has 0 unspecified atom stereocenters. The minimum absolute atomic E-state index is 0.320. The van der Waals surface area contributed by atoms with Crippen LogP contribution in [0.5, 0.6) is 0 Å². The molecule has 0 bridgehead atoms. The van der Waals surface area contributed by atoms with Gasteiger partial charge in [0.15, 0.2) is 5.96 Å². The number of carbonyl (C=O) groups is 2. The van der Waals surface area contributed by atoms with Gasteiger partial charge < -0.3 is 26.1 Å². The molecule has 0 atom stereocenters. The molecule has 2 rings (SSSR count). The topological polar surface area (TPSA) is 136 Å². The Balaban J connectivity index is 1.94. The van der Waals surface area contributed by atoms with Crippen molar-refractivity contribution in [1.29, 1.82) is 5.41 Å². The molecule has 0 fully saturated rings. The van der Waals surface area contributed by atoms with Crippen molar-refractivity contribution in [1.82, 2.24) is 15.2 Å². The van der Waals surface area contributed by atoms with E-state index in [1.807, 2.05) is 39.0 Å². The summed E-state index contributed by atoms with van der Waals surface area (Å²) in [4.78, 5) is 28.1. The molecule has 2 aromatic rings. The van der Waals surface area contributed by atoms with Crippen molar-refractivity contribution in [2.45, 2.75) is 32.8 Å². The molecule has 0 spiro atoms. The van der Waals surface area contributed by atoms with Crippen LogP contribution in [0.1, 0.15) is 37.7 Å². The monoisotopic (exact) mass is 388 g/mol. The molecule has 0 aliphatic rings. The first-order valence-electron chi connectivity index (χ1n) is 9.03. The van der Waals surface area contributed by atoms with Crippen LogP contribution < -0.4 is 16.4 Å². The van der Waals surface area contributed by atoms with Crippen molar-refractivity contribution in [3.63, 3.8) is 0 Å². The third-order valence-electron chi connectivity index (χ3n) is 3.89. The van der Waals surface area contributed by atoms with E-state index in [0.29, 0.717) is 25.2 Å². The number of rotatable bonds is 6. The number of aromatic amines is 1. The number of nitrogens with one attached hydrogen (secondary N) is 4. The van der Waals surface area contributed by atoms with Crippen LogP contribution in [0.3, 0.4) is 0 Å². The molecule has 9 nitrogen and oxygen atoms in total. The van der Waals surface area contributed by atoms with Crippen LogP contribution in [0.4, 0.5) is 10.5 Å². The average Bonchev–Trinajstić information content (AvgIpc) is 3.03. The molecule has 28 heavy (non-hydrogen) atoms. The van der Waals surface area contributed by atoms with Crippen LogP contribution in [-0.2, 0) is 4.74 Å². The number of H-pyrrole nitrogens is 1. The minimum Gasteiger partial charge on any atom is -0.444 e. The molecule has 0 saturated carbocycles. The molecule has 1 aromatic carbocycles. The van der Waals surface area contributed by atoms with E-state index in [4.69, 9.17) is 15.9 Å². The summed E-state index contributed by atoms with van der Waals surface area (Å²) in [5.74, 6) is -0.698. The first kappa shape index (κ1) is 21.1. The van der Waals surface area contributed by atoms with Gasteiger partial charge in [0.25, 0.3) is 5.91 Å². The third-order valence-corrected chi connectivity index (χ3v) is 3.89. The van der Waals surface area contributed by atoms with E-state index in [0.717, 1.165) is 21.5 Å². The summed E-state index contributed by atoms with van der Waals surface area (Å²) in [6, 6.07) is 7.42. The molecule has 152 valence electrons. The SMILES string of the molecule is CN(C(=N)N)C(=O)c1cc2cccc(NCCCNC(=O)OC(C)(C)C)c2[nH]1. The molecule has 9 heteroatoms. The Kier molecular flexibility index (Phi) is 6.50. The van der Waals surface area contributed by atoms with Crippen LogP contribution in [-0.4, -0.2) is 53.6 Å². The number of benzene rings is 1. The van der Waals surface area contributed by atoms with Gasteiger partial charge in [0.1, 0.15) is 11.3 Å². The minimum atomic E-state index is -0.517. The molecule has 1 aromatic heterocycles. The number of nitrogens with zero attached hydrogens (tertiary/aromatic N) is 1. The number of anilines is 1. The second-order valence-corrected chi connectivity index (χ2v) is 7.41. The van der Waals surface area contributed by atoms with E-state index in [2.05, 4.69) is 15.6 Å². The lowest BCUT2D eigenvalue weighted by Crippen LogP contribution is -2.38. The number of ether oxygens (including phenoxy) is 1. The van der Waals surface area contributed by atoms with E-state index >= 15 is 0 Å². The smallest absolute Gasteiger partial charge is 0.407 e. The number of hydrogen-bond donors (Lipinski definition) is 5. The highest BCUT2D eigenvalue weighted by molar-refractivity contribution is 6.06. The van der Waals surface area contributed by atoms with E-state index in [1.54, 1.807) is 6.07 Å². The Labute approximate surface area is 164 Å². The summed E-state index contributed by atoms with van der Waals surface area (Å²) >= 11 is 0. The maximum absolute atomic E-state index is 12.3. The fourth-order valence-electron chi connectivity index (χ4n) is 2.52. The molecule has 0 aliphatic carbocycles. The molecule has 0 aliphatic heterocycles. The van der Waals surface area contributed by atoms with E-state index < -0.39 is 11.7 Å². The van der Waals surface area contributed by atoms with Gasteiger partial charge in [0, 0.05) is 25.5 Å². The number of hydrogen-bond acceptors (Lipinski definition) is 5. The Morgan fingerprint density at radius 1 is 1.29 bits per heavy atom. The highest BCUT2D eigenvalue weighted by atomic mass is 16.6. The maximum Gasteiger partial charge on any atom is 0.407 e. The number of guanidine groups is 1. The van der Waals surface area contributed by atoms with Gasteiger partial charge >= 0.3 is 6.09 Å². The zero-order valence-electron chi connectivity index (χ0n) is 16.7. The highest BCUT2D eigenvalue weighted by Crippen LogP contribution is 2.24. The molecule has 0 saturated heterocycles. The van der Waals surface area contributed by atoms with Crippen molar-refractivity contribution in [2.24, 2.45) is 5.73 Å². The number of para-hydroxylation sites is 1. The van der Waals surface area contributed by atoms with E-state index in [1.165, 1.54) is 7.05 Å². The van der Waals surface area contributed by atoms with Crippen LogP contribution in [0.2, 0.25) is 0 Å². The van der Waals surface area contributed by atoms with Gasteiger partial charge in [-0.25, -0.2) is 4.79 Å². The summed E-state index contributed by atoms with van der Waals surface area (Å²) in [6.07, 6.45) is 0.270. The van der Waals surface area contributed by atoms with Gasteiger partial charge in [-0.2, -0.15) is 0 Å². The molecule has 2 amide bonds. The Hall–Kier alpha value is -3.23. The zero-order chi connectivity index (χ0) is 20.9. The fourth-order valence-corrected chi connectivity index (χ4v) is 2.52. The van der Waals surface area contributed by atoms with Crippen molar-refractivity contribution < 1.29 is 14.3 Å². The largest absolute Gasteiger partial charge is 0.444 e. The van der Waals surface area contributed by atoms with Crippen LogP contribution in [0, 0.1) is 5.41 Å². The number of amides is 2. The van der Waals surface area contributed by atoms with Crippen molar-refractivity contribution >= 4 is 34.6 Å². The summed E-state index contributed by atoms with van der Waals surface area (Å²) in [5, 5.41) is 14.3. The highest BCUT2D eigenvalue weighted by Gasteiger charge is 2.17. The Bertz CT molecular complexity index is 868. The predicted molar refractivity (Wildman–Crippen MR) is 110 cm³/mol. The van der Waals surface area contributed by atoms with Gasteiger partial charge in [-0.15, -0.1) is 0 Å². The normalized spacial score (nSPS) is 11.1. The standard InChI is InChI=1S/C19H28N6O3/c1-19(2,3)28-18(27)23-10-6-9-22-13-8-5-7-12-11-14(24-15(12)13)16(26)25(4)17(20)21/h5,7-8,11,22,24H,6,9-10H2,1-4H3,(H3,20,21)(H,23,27). The molecular weight excluding hydrogens is 360 g/mol. The van der Waals surface area contributed by atoms with E-state index in [-0.39, 0.29) is 11.9 Å². The summed E-state index contributed by atoms with van der Waals surface area (Å²) < 4.78 is 5.19. The summed E-state index contributed by atoms with van der Waals surface area (Å²) in [5.41, 5.74) is 6.85. The molecule has 6 N–H and O–H groups in total. The van der Waals surface area contributed by atoms with Gasteiger partial charge in [0.2, 0.25) is 0 Å². The number of carbonyl (C=O) groups excluding carboxylic acids is 2. The maximum atomic E-state index is 12.3. The van der Waals surface area contributed by atoms with Gasteiger partial charge in [-0.3, -0.25) is 15.1 Å². The summed E-state index contributed by atoms with van der Waals surface area (Å²) in [7, 11) is 1.45. The lowest BCUT2D eigenvalue weighted by atomic mass is 10.2. The van der Waals surface area contributed by atoms with Crippen LogP contribution in [0.25, 0.3) is 10.9 Å². The Morgan fingerprint density at radius 2 is 2.00 bits per heavy atom. The summed E-state index contributed by atoms with van der Waals surface area (Å²) in [6.45, 7) is 6.56. The van der Waals surface area contributed by atoms with Crippen molar-refractivity contribution in [2.75, 3.05) is 25.5 Å². The fraction of sp³-hybridized carbons (Fsp3) is 0.421. The number of aromatic nitrogens is 1. The Morgan fingerprint density at radius 3 is 2.64 bits per heavy atom. The van der Waals surface area contributed by atoms with E-state index in [9.17, 15) is 9.59 Å². The van der Waals surface area contributed by atoms with Crippen LogP contribution in [0.15, 0.2) is 24.3 Å². The second kappa shape index (κ2) is 8.64. The molecular formula is C19H28N6O3. The zero-order valence-corrected chi connectivity index (χ0v) is 16.7. The number of fused-ring (bicyclic) bond motifs is 1.